The summed E-state index contributed by atoms with van der Waals surface area (Å²) in [5, 5.41) is 3.06. The van der Waals surface area contributed by atoms with Crippen molar-refractivity contribution in [3.05, 3.63) is 0 Å². The topological polar surface area (TPSA) is 61.6 Å². The number of nitrogens with two attached hydrogens (primary N) is 1. The minimum Gasteiger partial charge on any atom is -0.354 e. The standard InChI is InChI=1S/C13H28N4O/c1-5-13(2,10-14)12(18)15-8-11-9-16(3)6-7-17(11)4/h11H,5-10,14H2,1-4H3,(H,15,18). The van der Waals surface area contributed by atoms with E-state index in [2.05, 4.69) is 29.2 Å². The Bertz CT molecular complexity index is 278. The predicted octanol–water partition coefficient (Wildman–Crippen LogP) is -0.277. The minimum absolute atomic E-state index is 0.0779. The molecule has 5 nitrogen and oxygen atoms in total. The molecule has 1 fully saturated rings. The largest absolute Gasteiger partial charge is 0.354 e. The summed E-state index contributed by atoms with van der Waals surface area (Å²) < 4.78 is 0. The van der Waals surface area contributed by atoms with Crippen molar-refractivity contribution in [3.8, 4) is 0 Å². The van der Waals surface area contributed by atoms with Crippen LogP contribution in [0, 0.1) is 5.41 Å². The van der Waals surface area contributed by atoms with E-state index in [0.717, 1.165) is 26.1 Å². The van der Waals surface area contributed by atoms with Crippen molar-refractivity contribution >= 4 is 5.91 Å². The molecule has 0 aromatic rings. The Hall–Kier alpha value is -0.650. The van der Waals surface area contributed by atoms with E-state index in [4.69, 9.17) is 5.73 Å². The molecule has 0 saturated carbocycles. The van der Waals surface area contributed by atoms with Gasteiger partial charge in [-0.15, -0.1) is 0 Å². The molecule has 3 N–H and O–H groups in total. The molecule has 0 radical (unpaired) electrons. The number of amides is 1. The molecular formula is C13H28N4O. The maximum absolute atomic E-state index is 12.1. The van der Waals surface area contributed by atoms with E-state index in [-0.39, 0.29) is 5.91 Å². The third-order valence-electron chi connectivity index (χ3n) is 4.26. The normalized spacial score (nSPS) is 25.7. The third-order valence-corrected chi connectivity index (χ3v) is 4.26. The number of nitrogens with zero attached hydrogens (tertiary/aromatic N) is 2. The van der Waals surface area contributed by atoms with Crippen molar-refractivity contribution in [1.29, 1.82) is 0 Å². The molecule has 1 amide bonds. The van der Waals surface area contributed by atoms with Crippen molar-refractivity contribution in [3.63, 3.8) is 0 Å². The summed E-state index contributed by atoms with van der Waals surface area (Å²) in [5.41, 5.74) is 5.27. The van der Waals surface area contributed by atoms with Gasteiger partial charge in [0, 0.05) is 38.8 Å². The lowest BCUT2D eigenvalue weighted by atomic mass is 9.86. The highest BCUT2D eigenvalue weighted by Crippen LogP contribution is 2.19. The summed E-state index contributed by atoms with van der Waals surface area (Å²) in [6.07, 6.45) is 0.774. The molecule has 2 atom stereocenters. The van der Waals surface area contributed by atoms with Gasteiger partial charge in [-0.2, -0.15) is 0 Å². The van der Waals surface area contributed by atoms with Crippen LogP contribution >= 0.6 is 0 Å². The van der Waals surface area contributed by atoms with Gasteiger partial charge in [-0.3, -0.25) is 9.69 Å². The van der Waals surface area contributed by atoms with Crippen molar-refractivity contribution in [1.82, 2.24) is 15.1 Å². The summed E-state index contributed by atoms with van der Waals surface area (Å²) >= 11 is 0. The Morgan fingerprint density at radius 2 is 2.11 bits per heavy atom. The summed E-state index contributed by atoms with van der Waals surface area (Å²) in [6, 6.07) is 0.395. The Kier molecular flexibility index (Phi) is 5.56. The highest BCUT2D eigenvalue weighted by atomic mass is 16.2. The van der Waals surface area contributed by atoms with Crippen LogP contribution in [0.2, 0.25) is 0 Å². The highest BCUT2D eigenvalue weighted by Gasteiger charge is 2.30. The van der Waals surface area contributed by atoms with Crippen molar-refractivity contribution in [2.75, 3.05) is 46.8 Å². The van der Waals surface area contributed by atoms with E-state index >= 15 is 0 Å². The number of likely N-dealkylation sites (N-methyl/N-ethyl adjacent to an activating group) is 2. The van der Waals surface area contributed by atoms with Gasteiger partial charge in [0.2, 0.25) is 5.91 Å². The van der Waals surface area contributed by atoms with Gasteiger partial charge in [0.15, 0.2) is 0 Å². The number of hydrogen-bond acceptors (Lipinski definition) is 4. The number of carbonyl (C=O) groups is 1. The van der Waals surface area contributed by atoms with Gasteiger partial charge in [0.25, 0.3) is 0 Å². The zero-order chi connectivity index (χ0) is 13.8. The molecular weight excluding hydrogens is 228 g/mol. The number of piperazine rings is 1. The Balaban J connectivity index is 2.46. The zero-order valence-electron chi connectivity index (χ0n) is 12.2. The van der Waals surface area contributed by atoms with Crippen LogP contribution in [-0.4, -0.2) is 68.6 Å². The average molecular weight is 256 g/mol. The molecule has 106 valence electrons. The molecule has 1 heterocycles. The predicted molar refractivity (Wildman–Crippen MR) is 74.4 cm³/mol. The Morgan fingerprint density at radius 1 is 1.44 bits per heavy atom. The minimum atomic E-state index is -0.431. The molecule has 0 aromatic heterocycles. The highest BCUT2D eigenvalue weighted by molar-refractivity contribution is 5.82. The molecule has 0 spiro atoms. The molecule has 18 heavy (non-hydrogen) atoms. The Morgan fingerprint density at radius 3 is 2.67 bits per heavy atom. The lowest BCUT2D eigenvalue weighted by Crippen LogP contribution is -2.56. The summed E-state index contributed by atoms with van der Waals surface area (Å²) in [7, 11) is 4.24. The molecule has 1 saturated heterocycles. The smallest absolute Gasteiger partial charge is 0.227 e. The van der Waals surface area contributed by atoms with E-state index in [1.165, 1.54) is 0 Å². The van der Waals surface area contributed by atoms with Crippen LogP contribution < -0.4 is 11.1 Å². The monoisotopic (exact) mass is 256 g/mol. The van der Waals surface area contributed by atoms with Gasteiger partial charge in [-0.25, -0.2) is 0 Å². The quantitative estimate of drug-likeness (QED) is 0.710. The maximum Gasteiger partial charge on any atom is 0.227 e. The first-order valence-electron chi connectivity index (χ1n) is 6.80. The lowest BCUT2D eigenvalue weighted by molar-refractivity contribution is -0.130. The molecule has 0 bridgehead atoms. The number of hydrogen-bond donors (Lipinski definition) is 2. The van der Waals surface area contributed by atoms with Crippen LogP contribution in [0.15, 0.2) is 0 Å². The summed E-state index contributed by atoms with van der Waals surface area (Å²) in [6.45, 7) is 8.19. The number of rotatable bonds is 5. The van der Waals surface area contributed by atoms with Gasteiger partial charge in [0.05, 0.1) is 5.41 Å². The van der Waals surface area contributed by atoms with E-state index < -0.39 is 5.41 Å². The van der Waals surface area contributed by atoms with Crippen molar-refractivity contribution in [2.45, 2.75) is 26.3 Å². The zero-order valence-corrected chi connectivity index (χ0v) is 12.2. The van der Waals surface area contributed by atoms with E-state index in [9.17, 15) is 4.79 Å². The van der Waals surface area contributed by atoms with E-state index in [1.807, 2.05) is 13.8 Å². The van der Waals surface area contributed by atoms with Gasteiger partial charge in [-0.1, -0.05) is 6.92 Å². The van der Waals surface area contributed by atoms with E-state index in [0.29, 0.717) is 19.1 Å². The molecule has 1 aliphatic rings. The second-order valence-electron chi connectivity index (χ2n) is 5.73. The fraction of sp³-hybridized carbons (Fsp3) is 0.923. The van der Waals surface area contributed by atoms with Crippen LogP contribution in [0.1, 0.15) is 20.3 Å². The van der Waals surface area contributed by atoms with Crippen LogP contribution in [0.4, 0.5) is 0 Å². The first kappa shape index (κ1) is 15.4. The molecule has 0 aliphatic carbocycles. The molecule has 1 rings (SSSR count). The first-order valence-corrected chi connectivity index (χ1v) is 6.80. The molecule has 0 aromatic carbocycles. The van der Waals surface area contributed by atoms with Crippen molar-refractivity contribution in [2.24, 2.45) is 11.1 Å². The summed E-state index contributed by atoms with van der Waals surface area (Å²) in [4.78, 5) is 16.8. The fourth-order valence-electron chi connectivity index (χ4n) is 2.14. The average Bonchev–Trinajstić information content (AvgIpc) is 2.38. The third kappa shape index (κ3) is 3.67. The number of nitrogens with one attached hydrogen (secondary N) is 1. The molecule has 2 unspecified atom stereocenters. The van der Waals surface area contributed by atoms with Crippen LogP contribution in [-0.2, 0) is 4.79 Å². The first-order chi connectivity index (χ1) is 8.42. The van der Waals surface area contributed by atoms with Gasteiger partial charge in [-0.05, 0) is 27.4 Å². The molecule has 1 aliphatic heterocycles. The lowest BCUT2D eigenvalue weighted by Gasteiger charge is -2.38. The van der Waals surface area contributed by atoms with E-state index in [1.54, 1.807) is 0 Å². The Labute approximate surface area is 111 Å². The second-order valence-corrected chi connectivity index (χ2v) is 5.73. The SMILES string of the molecule is CCC(C)(CN)C(=O)NCC1CN(C)CCN1C. The summed E-state index contributed by atoms with van der Waals surface area (Å²) in [5.74, 6) is 0.0779. The van der Waals surface area contributed by atoms with Gasteiger partial charge in [0.1, 0.15) is 0 Å². The van der Waals surface area contributed by atoms with Gasteiger partial charge < -0.3 is 16.0 Å². The fourth-order valence-corrected chi connectivity index (χ4v) is 2.14. The second kappa shape index (κ2) is 6.50. The van der Waals surface area contributed by atoms with Crippen LogP contribution in [0.3, 0.4) is 0 Å². The van der Waals surface area contributed by atoms with Crippen molar-refractivity contribution < 1.29 is 4.79 Å². The molecule has 5 heteroatoms. The van der Waals surface area contributed by atoms with Gasteiger partial charge >= 0.3 is 0 Å². The maximum atomic E-state index is 12.1. The van der Waals surface area contributed by atoms with Crippen LogP contribution in [0.25, 0.3) is 0 Å². The van der Waals surface area contributed by atoms with Crippen LogP contribution in [0.5, 0.6) is 0 Å². The number of carbonyl (C=O) groups excluding carboxylic acids is 1.